The van der Waals surface area contributed by atoms with Crippen molar-refractivity contribution in [3.63, 3.8) is 0 Å². The molecule has 1 aromatic rings. The minimum atomic E-state index is -0.372. The molecule has 0 N–H and O–H groups in total. The van der Waals surface area contributed by atoms with Gasteiger partial charge in [-0.1, -0.05) is 11.6 Å². The molecular formula is C6H4ClIO2S. The van der Waals surface area contributed by atoms with E-state index in [-0.39, 0.29) is 5.97 Å². The number of hydrogen-bond acceptors (Lipinski definition) is 3. The zero-order valence-corrected chi connectivity index (χ0v) is 9.29. The second-order valence-electron chi connectivity index (χ2n) is 1.72. The van der Waals surface area contributed by atoms with Crippen LogP contribution in [0, 0.1) is 2.88 Å². The van der Waals surface area contributed by atoms with Gasteiger partial charge in [0.2, 0.25) is 0 Å². The predicted molar refractivity (Wildman–Crippen MR) is 53.4 cm³/mol. The van der Waals surface area contributed by atoms with Crippen LogP contribution in [0.15, 0.2) is 6.07 Å². The lowest BCUT2D eigenvalue weighted by molar-refractivity contribution is 0.0606. The summed E-state index contributed by atoms with van der Waals surface area (Å²) in [4.78, 5) is 11.4. The van der Waals surface area contributed by atoms with Gasteiger partial charge in [0.15, 0.2) is 0 Å². The Bertz CT molecular complexity index is 284. The highest BCUT2D eigenvalue weighted by Gasteiger charge is 2.13. The summed E-state index contributed by atoms with van der Waals surface area (Å²) >= 11 is 9.15. The van der Waals surface area contributed by atoms with Gasteiger partial charge in [0.1, 0.15) is 4.88 Å². The SMILES string of the molecule is COC(=O)c1sc(I)cc1Cl. The van der Waals surface area contributed by atoms with Crippen LogP contribution in [0.4, 0.5) is 0 Å². The minimum absolute atomic E-state index is 0.372. The molecule has 2 nitrogen and oxygen atoms in total. The molecule has 11 heavy (non-hydrogen) atoms. The highest BCUT2D eigenvalue weighted by Crippen LogP contribution is 2.28. The van der Waals surface area contributed by atoms with Crippen LogP contribution in [-0.4, -0.2) is 13.1 Å². The largest absolute Gasteiger partial charge is 0.465 e. The van der Waals surface area contributed by atoms with Crippen molar-refractivity contribution in [1.29, 1.82) is 0 Å². The molecule has 0 unspecified atom stereocenters. The number of halogens is 2. The Balaban J connectivity index is 3.03. The lowest BCUT2D eigenvalue weighted by Gasteiger charge is -1.93. The van der Waals surface area contributed by atoms with Crippen molar-refractivity contribution in [2.24, 2.45) is 0 Å². The Labute approximate surface area is 86.6 Å². The van der Waals surface area contributed by atoms with E-state index in [9.17, 15) is 4.79 Å². The van der Waals surface area contributed by atoms with E-state index in [4.69, 9.17) is 11.6 Å². The molecule has 0 atom stereocenters. The van der Waals surface area contributed by atoms with Gasteiger partial charge < -0.3 is 4.74 Å². The maximum atomic E-state index is 10.9. The summed E-state index contributed by atoms with van der Waals surface area (Å²) in [6.45, 7) is 0. The molecule has 0 aromatic carbocycles. The summed E-state index contributed by atoms with van der Waals surface area (Å²) in [6, 6.07) is 1.74. The Morgan fingerprint density at radius 2 is 2.45 bits per heavy atom. The van der Waals surface area contributed by atoms with E-state index in [0.717, 1.165) is 2.88 Å². The first-order chi connectivity index (χ1) is 5.15. The van der Waals surface area contributed by atoms with Crippen LogP contribution in [0.25, 0.3) is 0 Å². The molecule has 0 fully saturated rings. The molecule has 0 saturated heterocycles. The highest BCUT2D eigenvalue weighted by atomic mass is 127. The first kappa shape index (κ1) is 9.28. The van der Waals surface area contributed by atoms with E-state index >= 15 is 0 Å². The van der Waals surface area contributed by atoms with Crippen LogP contribution >= 0.6 is 45.5 Å². The van der Waals surface area contributed by atoms with Crippen LogP contribution in [0.5, 0.6) is 0 Å². The zero-order valence-electron chi connectivity index (χ0n) is 5.56. The van der Waals surface area contributed by atoms with E-state index in [2.05, 4.69) is 27.3 Å². The smallest absolute Gasteiger partial charge is 0.349 e. The van der Waals surface area contributed by atoms with Crippen molar-refractivity contribution in [3.8, 4) is 0 Å². The summed E-state index contributed by atoms with van der Waals surface area (Å²) in [5.74, 6) is -0.372. The fraction of sp³-hybridized carbons (Fsp3) is 0.167. The standard InChI is InChI=1S/C6H4ClIO2S/c1-10-6(9)5-3(7)2-4(8)11-5/h2H,1H3. The third-order valence-corrected chi connectivity index (χ3v) is 3.31. The first-order valence-corrected chi connectivity index (χ1v) is 4.95. The minimum Gasteiger partial charge on any atom is -0.465 e. The molecule has 1 heterocycles. The molecule has 1 rings (SSSR count). The fourth-order valence-electron chi connectivity index (χ4n) is 0.573. The van der Waals surface area contributed by atoms with Crippen LogP contribution in [0.3, 0.4) is 0 Å². The van der Waals surface area contributed by atoms with Gasteiger partial charge in [0.05, 0.1) is 15.0 Å². The topological polar surface area (TPSA) is 26.3 Å². The quantitative estimate of drug-likeness (QED) is 0.589. The Kier molecular flexibility index (Phi) is 3.15. The Hall–Kier alpha value is 0.190. The van der Waals surface area contributed by atoms with Crippen LogP contribution in [0.2, 0.25) is 5.02 Å². The maximum absolute atomic E-state index is 10.9. The molecule has 60 valence electrons. The lowest BCUT2D eigenvalue weighted by atomic mass is 10.5. The van der Waals surface area contributed by atoms with Crippen molar-refractivity contribution < 1.29 is 9.53 Å². The van der Waals surface area contributed by atoms with Crippen molar-refractivity contribution in [1.82, 2.24) is 0 Å². The molecule has 0 radical (unpaired) electrons. The van der Waals surface area contributed by atoms with Gasteiger partial charge in [-0.3, -0.25) is 0 Å². The van der Waals surface area contributed by atoms with Crippen LogP contribution < -0.4 is 0 Å². The van der Waals surface area contributed by atoms with Gasteiger partial charge in [0, 0.05) is 0 Å². The number of thiophene rings is 1. The van der Waals surface area contributed by atoms with Gasteiger partial charge in [0.25, 0.3) is 0 Å². The summed E-state index contributed by atoms with van der Waals surface area (Å²) in [6.07, 6.45) is 0. The number of carbonyl (C=O) groups is 1. The summed E-state index contributed by atoms with van der Waals surface area (Å²) in [5, 5.41) is 0.464. The lowest BCUT2D eigenvalue weighted by Crippen LogP contribution is -1.97. The average molecular weight is 303 g/mol. The predicted octanol–water partition coefficient (Wildman–Crippen LogP) is 2.79. The Morgan fingerprint density at radius 1 is 1.82 bits per heavy atom. The number of carbonyl (C=O) groups excluding carboxylic acids is 1. The van der Waals surface area contributed by atoms with Crippen molar-refractivity contribution in [3.05, 3.63) is 18.9 Å². The van der Waals surface area contributed by atoms with Crippen molar-refractivity contribution in [2.75, 3.05) is 7.11 Å². The number of rotatable bonds is 1. The molecule has 0 bridgehead atoms. The molecule has 1 aromatic heterocycles. The van der Waals surface area contributed by atoms with Crippen LogP contribution in [-0.2, 0) is 4.74 Å². The van der Waals surface area contributed by atoms with E-state index in [0.29, 0.717) is 9.90 Å². The molecule has 0 spiro atoms. The van der Waals surface area contributed by atoms with Gasteiger partial charge in [-0.15, -0.1) is 11.3 Å². The van der Waals surface area contributed by atoms with Gasteiger partial charge in [-0.2, -0.15) is 0 Å². The fourth-order valence-corrected chi connectivity index (χ4v) is 2.79. The Morgan fingerprint density at radius 3 is 2.82 bits per heavy atom. The van der Waals surface area contributed by atoms with Crippen molar-refractivity contribution >= 4 is 51.5 Å². The first-order valence-electron chi connectivity index (χ1n) is 2.68. The molecule has 0 aliphatic carbocycles. The average Bonchev–Trinajstić information content (AvgIpc) is 2.28. The number of hydrogen-bond donors (Lipinski definition) is 0. The zero-order chi connectivity index (χ0) is 8.43. The number of ether oxygens (including phenoxy) is 1. The summed E-state index contributed by atoms with van der Waals surface area (Å²) < 4.78 is 5.49. The monoisotopic (exact) mass is 302 g/mol. The van der Waals surface area contributed by atoms with Gasteiger partial charge in [-0.05, 0) is 28.7 Å². The van der Waals surface area contributed by atoms with E-state index < -0.39 is 0 Å². The molecule has 0 aliphatic rings. The summed E-state index contributed by atoms with van der Waals surface area (Å²) in [5.41, 5.74) is 0. The molecule has 0 amide bonds. The van der Waals surface area contributed by atoms with E-state index in [1.165, 1.54) is 18.4 Å². The third-order valence-electron chi connectivity index (χ3n) is 1.03. The normalized spacial score (nSPS) is 9.73. The van der Waals surface area contributed by atoms with Crippen LogP contribution in [0.1, 0.15) is 9.67 Å². The number of methoxy groups -OCH3 is 1. The summed E-state index contributed by atoms with van der Waals surface area (Å²) in [7, 11) is 1.34. The second kappa shape index (κ2) is 3.73. The highest BCUT2D eigenvalue weighted by molar-refractivity contribution is 14.1. The number of esters is 1. The van der Waals surface area contributed by atoms with E-state index in [1.54, 1.807) is 6.07 Å². The van der Waals surface area contributed by atoms with E-state index in [1.807, 2.05) is 0 Å². The second-order valence-corrected chi connectivity index (χ2v) is 5.07. The molecule has 0 aliphatic heterocycles. The molecule has 0 saturated carbocycles. The molecular weight excluding hydrogens is 298 g/mol. The van der Waals surface area contributed by atoms with Gasteiger partial charge >= 0.3 is 5.97 Å². The van der Waals surface area contributed by atoms with Crippen molar-refractivity contribution in [2.45, 2.75) is 0 Å². The maximum Gasteiger partial charge on any atom is 0.349 e. The van der Waals surface area contributed by atoms with Gasteiger partial charge in [-0.25, -0.2) is 4.79 Å². The third kappa shape index (κ3) is 2.07. The molecule has 5 heteroatoms.